The third kappa shape index (κ3) is 3.81. The molecule has 1 fully saturated rings. The molecule has 0 aliphatic carbocycles. The van der Waals surface area contributed by atoms with Crippen LogP contribution in [0.4, 0.5) is 0 Å². The number of nitrogens with zero attached hydrogens (tertiary/aromatic N) is 4. The number of carbonyl (C=O) groups excluding carboxylic acids is 1. The van der Waals surface area contributed by atoms with Crippen molar-refractivity contribution in [3.8, 4) is 5.69 Å². The van der Waals surface area contributed by atoms with E-state index in [1.165, 1.54) is 18.0 Å². The van der Waals surface area contributed by atoms with Crippen LogP contribution in [-0.2, 0) is 9.53 Å². The molecule has 8 nitrogen and oxygen atoms in total. The van der Waals surface area contributed by atoms with Crippen LogP contribution in [0.3, 0.4) is 0 Å². The molecule has 0 unspecified atom stereocenters. The first-order chi connectivity index (χ1) is 13.5. The number of benzene rings is 1. The summed E-state index contributed by atoms with van der Waals surface area (Å²) in [6, 6.07) is 9.50. The normalized spacial score (nSPS) is 19.9. The molecule has 9 heteroatoms. The van der Waals surface area contributed by atoms with Crippen molar-refractivity contribution in [2.24, 2.45) is 0 Å². The first-order valence-corrected chi connectivity index (χ1v) is 10.1. The van der Waals surface area contributed by atoms with E-state index in [0.717, 1.165) is 5.69 Å². The number of nitrogens with one attached hydrogen (secondary N) is 1. The number of aromatic nitrogens is 4. The van der Waals surface area contributed by atoms with Gasteiger partial charge in [-0.15, -0.1) is 0 Å². The Bertz CT molecular complexity index is 1040. The monoisotopic (exact) mass is 399 g/mol. The molecule has 1 aromatic carbocycles. The maximum Gasteiger partial charge on any atom is 0.262 e. The van der Waals surface area contributed by atoms with Gasteiger partial charge in [-0.25, -0.2) is 9.67 Å². The van der Waals surface area contributed by atoms with Crippen LogP contribution in [0.15, 0.2) is 46.5 Å². The average Bonchev–Trinajstić information content (AvgIpc) is 3.10. The highest BCUT2D eigenvalue weighted by Gasteiger charge is 2.26. The molecule has 1 amide bonds. The first-order valence-electron chi connectivity index (χ1n) is 9.11. The van der Waals surface area contributed by atoms with Crippen molar-refractivity contribution < 1.29 is 9.53 Å². The molecule has 2 atom stereocenters. The van der Waals surface area contributed by atoms with Gasteiger partial charge >= 0.3 is 0 Å². The Balaban J connectivity index is 1.54. The number of carbonyl (C=O) groups is 1. The Labute approximate surface area is 165 Å². The van der Waals surface area contributed by atoms with Gasteiger partial charge in [-0.1, -0.05) is 30.0 Å². The quantitative estimate of drug-likeness (QED) is 0.532. The zero-order valence-electron chi connectivity index (χ0n) is 15.7. The van der Waals surface area contributed by atoms with Crippen LogP contribution in [-0.4, -0.2) is 61.6 Å². The van der Waals surface area contributed by atoms with E-state index in [2.05, 4.69) is 15.1 Å². The van der Waals surface area contributed by atoms with Crippen molar-refractivity contribution >= 4 is 28.7 Å². The second-order valence-electron chi connectivity index (χ2n) is 6.84. The maximum atomic E-state index is 12.6. The fourth-order valence-corrected chi connectivity index (χ4v) is 4.09. The lowest BCUT2D eigenvalue weighted by atomic mass is 10.2. The molecule has 1 aliphatic heterocycles. The van der Waals surface area contributed by atoms with Crippen molar-refractivity contribution in [2.45, 2.75) is 31.2 Å². The minimum atomic E-state index is -0.268. The number of hydrogen-bond donors (Lipinski definition) is 1. The zero-order valence-corrected chi connectivity index (χ0v) is 16.5. The van der Waals surface area contributed by atoms with Crippen LogP contribution >= 0.6 is 11.8 Å². The van der Waals surface area contributed by atoms with E-state index < -0.39 is 0 Å². The summed E-state index contributed by atoms with van der Waals surface area (Å²) < 4.78 is 7.30. The standard InChI is InChI=1S/C19H21N5O3S/c1-12-9-23(10-13(2)27-12)16(25)11-28-19-21-17-15(18(26)22-19)8-20-24(17)14-6-4-3-5-7-14/h3-8,12-13H,9-11H2,1-2H3,(H,21,22,26)/t12-,13+. The molecule has 3 heterocycles. The van der Waals surface area contributed by atoms with Gasteiger partial charge in [0, 0.05) is 13.1 Å². The van der Waals surface area contributed by atoms with E-state index in [9.17, 15) is 9.59 Å². The Morgan fingerprint density at radius 2 is 1.96 bits per heavy atom. The van der Waals surface area contributed by atoms with Crippen LogP contribution < -0.4 is 5.56 Å². The predicted molar refractivity (Wildman–Crippen MR) is 107 cm³/mol. The number of hydrogen-bond acceptors (Lipinski definition) is 6. The van der Waals surface area contributed by atoms with E-state index in [0.29, 0.717) is 29.3 Å². The number of thioether (sulfide) groups is 1. The lowest BCUT2D eigenvalue weighted by Crippen LogP contribution is -2.48. The number of amides is 1. The van der Waals surface area contributed by atoms with Gasteiger partial charge in [0.15, 0.2) is 10.8 Å². The van der Waals surface area contributed by atoms with Crippen molar-refractivity contribution in [2.75, 3.05) is 18.8 Å². The SMILES string of the molecule is C[C@@H]1CN(C(=O)CSc2nc3c(cnn3-c3ccccc3)c(=O)[nH]2)C[C@H](C)O1. The Morgan fingerprint density at radius 1 is 1.25 bits per heavy atom. The number of fused-ring (bicyclic) bond motifs is 1. The molecule has 3 aromatic rings. The average molecular weight is 399 g/mol. The highest BCUT2D eigenvalue weighted by atomic mass is 32.2. The second kappa shape index (κ2) is 7.76. The Morgan fingerprint density at radius 3 is 2.68 bits per heavy atom. The Hall–Kier alpha value is -2.65. The largest absolute Gasteiger partial charge is 0.372 e. The van der Waals surface area contributed by atoms with Gasteiger partial charge in [0.1, 0.15) is 5.39 Å². The summed E-state index contributed by atoms with van der Waals surface area (Å²) in [6.07, 6.45) is 1.55. The Kier molecular flexibility index (Phi) is 5.19. The smallest absolute Gasteiger partial charge is 0.262 e. The van der Waals surface area contributed by atoms with Crippen LogP contribution in [0.25, 0.3) is 16.7 Å². The van der Waals surface area contributed by atoms with Crippen molar-refractivity contribution in [1.29, 1.82) is 0 Å². The van der Waals surface area contributed by atoms with Crippen LogP contribution in [0, 0.1) is 0 Å². The second-order valence-corrected chi connectivity index (χ2v) is 7.81. The summed E-state index contributed by atoms with van der Waals surface area (Å²) in [5, 5.41) is 5.10. The molecule has 146 valence electrons. The van der Waals surface area contributed by atoms with Crippen LogP contribution in [0.1, 0.15) is 13.8 Å². The van der Waals surface area contributed by atoms with Gasteiger partial charge < -0.3 is 14.6 Å². The molecular formula is C19H21N5O3S. The van der Waals surface area contributed by atoms with Gasteiger partial charge in [-0.2, -0.15) is 5.10 Å². The molecule has 28 heavy (non-hydrogen) atoms. The van der Waals surface area contributed by atoms with Gasteiger partial charge in [0.2, 0.25) is 5.91 Å². The van der Waals surface area contributed by atoms with Crippen molar-refractivity contribution in [3.63, 3.8) is 0 Å². The van der Waals surface area contributed by atoms with Gasteiger partial charge in [-0.3, -0.25) is 9.59 Å². The van der Waals surface area contributed by atoms with Crippen molar-refractivity contribution in [3.05, 3.63) is 46.9 Å². The molecule has 0 saturated carbocycles. The van der Waals surface area contributed by atoms with E-state index in [-0.39, 0.29) is 29.4 Å². The van der Waals surface area contributed by atoms with E-state index in [1.807, 2.05) is 44.2 Å². The topological polar surface area (TPSA) is 93.1 Å². The van der Waals surface area contributed by atoms with Crippen LogP contribution in [0.2, 0.25) is 0 Å². The molecule has 1 N–H and O–H groups in total. The highest BCUT2D eigenvalue weighted by molar-refractivity contribution is 7.99. The molecule has 0 radical (unpaired) electrons. The summed E-state index contributed by atoms with van der Waals surface area (Å²) in [4.78, 5) is 34.0. The third-order valence-corrected chi connectivity index (χ3v) is 5.38. The summed E-state index contributed by atoms with van der Waals surface area (Å²) in [7, 11) is 0. The molecule has 1 saturated heterocycles. The number of rotatable bonds is 4. The summed E-state index contributed by atoms with van der Waals surface area (Å²) >= 11 is 1.22. The highest BCUT2D eigenvalue weighted by Crippen LogP contribution is 2.19. The number of H-pyrrole nitrogens is 1. The number of para-hydroxylation sites is 1. The van der Waals surface area contributed by atoms with E-state index in [1.54, 1.807) is 9.58 Å². The molecule has 4 rings (SSSR count). The predicted octanol–water partition coefficient (Wildman–Crippen LogP) is 1.84. The summed E-state index contributed by atoms with van der Waals surface area (Å²) in [6.45, 7) is 5.07. The molecular weight excluding hydrogens is 378 g/mol. The summed E-state index contributed by atoms with van der Waals surface area (Å²) in [5.74, 6) is 0.208. The molecule has 2 aromatic heterocycles. The fraction of sp³-hybridized carbons (Fsp3) is 0.368. The number of aromatic amines is 1. The minimum Gasteiger partial charge on any atom is -0.372 e. The van der Waals surface area contributed by atoms with E-state index >= 15 is 0 Å². The molecule has 0 bridgehead atoms. The minimum absolute atomic E-state index is 0.00585. The van der Waals surface area contributed by atoms with Crippen molar-refractivity contribution in [1.82, 2.24) is 24.6 Å². The lowest BCUT2D eigenvalue weighted by molar-refractivity contribution is -0.140. The molecule has 0 spiro atoms. The summed E-state index contributed by atoms with van der Waals surface area (Å²) in [5.41, 5.74) is 1.02. The zero-order chi connectivity index (χ0) is 19.7. The third-order valence-electron chi connectivity index (χ3n) is 4.52. The first kappa shape index (κ1) is 18.7. The maximum absolute atomic E-state index is 12.6. The number of morpholine rings is 1. The van der Waals surface area contributed by atoms with E-state index in [4.69, 9.17) is 4.74 Å². The molecule has 1 aliphatic rings. The fourth-order valence-electron chi connectivity index (χ4n) is 3.33. The van der Waals surface area contributed by atoms with Gasteiger partial charge in [0.05, 0.1) is 29.8 Å². The van der Waals surface area contributed by atoms with Crippen LogP contribution in [0.5, 0.6) is 0 Å². The van der Waals surface area contributed by atoms with Gasteiger partial charge in [-0.05, 0) is 26.0 Å². The number of ether oxygens (including phenoxy) is 1. The lowest BCUT2D eigenvalue weighted by Gasteiger charge is -2.35. The van der Waals surface area contributed by atoms with Gasteiger partial charge in [0.25, 0.3) is 5.56 Å².